The van der Waals surface area contributed by atoms with Crippen molar-refractivity contribution in [3.8, 4) is 0 Å². The van der Waals surface area contributed by atoms with Gasteiger partial charge in [0, 0.05) is 4.47 Å². The highest BCUT2D eigenvalue weighted by atomic mass is 79.9. The fourth-order valence-electron chi connectivity index (χ4n) is 1.99. The Morgan fingerprint density at radius 1 is 1.30 bits per heavy atom. The number of nitrogens with zero attached hydrogens (tertiary/aromatic N) is 2. The molecule has 6 heteroatoms. The predicted molar refractivity (Wildman–Crippen MR) is 82.4 cm³/mol. The number of benzene rings is 1. The van der Waals surface area contributed by atoms with Crippen LogP contribution in [0.4, 0.5) is 0 Å². The molecule has 2 aromatic heterocycles. The molecule has 0 radical (unpaired) electrons. The predicted octanol–water partition coefficient (Wildman–Crippen LogP) is 3.10. The van der Waals surface area contributed by atoms with E-state index in [1.54, 1.807) is 6.07 Å². The Balaban J connectivity index is 2.07. The summed E-state index contributed by atoms with van der Waals surface area (Å²) < 4.78 is 2.22. The molecule has 100 valence electrons. The largest absolute Gasteiger partial charge is 0.298 e. The van der Waals surface area contributed by atoms with Crippen LogP contribution in [-0.2, 0) is 6.54 Å². The van der Waals surface area contributed by atoms with Crippen LogP contribution in [0.5, 0.6) is 0 Å². The van der Waals surface area contributed by atoms with Crippen molar-refractivity contribution in [2.75, 3.05) is 0 Å². The van der Waals surface area contributed by atoms with Crippen LogP contribution in [0.3, 0.4) is 0 Å². The minimum atomic E-state index is -0.273. The lowest BCUT2D eigenvalue weighted by molar-refractivity contribution is 0.0975. The van der Waals surface area contributed by atoms with Gasteiger partial charge in [-0.3, -0.25) is 14.2 Å². The minimum absolute atomic E-state index is 0.0149. The van der Waals surface area contributed by atoms with Gasteiger partial charge in [0.2, 0.25) is 0 Å². The topological polar surface area (TPSA) is 52.0 Å². The number of thiophene rings is 1. The quantitative estimate of drug-likeness (QED) is 0.683. The molecule has 0 bridgehead atoms. The molecule has 0 aliphatic heterocycles. The molecule has 0 saturated heterocycles. The first-order valence-corrected chi connectivity index (χ1v) is 7.55. The van der Waals surface area contributed by atoms with E-state index in [1.165, 1.54) is 22.1 Å². The molecule has 2 heterocycles. The molecule has 0 spiro atoms. The Kier molecular flexibility index (Phi) is 3.50. The maximum Gasteiger partial charge on any atom is 0.269 e. The Morgan fingerprint density at radius 3 is 2.85 bits per heavy atom. The smallest absolute Gasteiger partial charge is 0.269 e. The molecule has 20 heavy (non-hydrogen) atoms. The number of fused-ring (bicyclic) bond motifs is 1. The molecule has 0 atom stereocenters. The van der Waals surface area contributed by atoms with Crippen molar-refractivity contribution >= 4 is 44.1 Å². The van der Waals surface area contributed by atoms with Crippen LogP contribution < -0.4 is 5.56 Å². The summed E-state index contributed by atoms with van der Waals surface area (Å²) in [5, 5.41) is 1.84. The highest BCUT2D eigenvalue weighted by Crippen LogP contribution is 2.23. The third-order valence-electron chi connectivity index (χ3n) is 2.92. The molecule has 3 rings (SSSR count). The van der Waals surface area contributed by atoms with Crippen molar-refractivity contribution in [2.24, 2.45) is 0 Å². The number of rotatable bonds is 3. The lowest BCUT2D eigenvalue weighted by atomic mass is 10.2. The van der Waals surface area contributed by atoms with E-state index in [2.05, 4.69) is 20.9 Å². The van der Waals surface area contributed by atoms with Crippen molar-refractivity contribution in [1.82, 2.24) is 9.55 Å². The highest BCUT2D eigenvalue weighted by Gasteiger charge is 2.14. The van der Waals surface area contributed by atoms with Gasteiger partial charge < -0.3 is 0 Å². The second-order valence-corrected chi connectivity index (χ2v) is 5.96. The molecule has 0 aliphatic carbocycles. The van der Waals surface area contributed by atoms with Gasteiger partial charge in [-0.2, -0.15) is 0 Å². The van der Waals surface area contributed by atoms with E-state index in [0.29, 0.717) is 15.9 Å². The van der Waals surface area contributed by atoms with Crippen LogP contribution in [0.25, 0.3) is 11.0 Å². The summed E-state index contributed by atoms with van der Waals surface area (Å²) in [7, 11) is 0. The number of aromatic nitrogens is 2. The van der Waals surface area contributed by atoms with Crippen LogP contribution in [0, 0.1) is 0 Å². The van der Waals surface area contributed by atoms with Gasteiger partial charge in [0.1, 0.15) is 0 Å². The summed E-state index contributed by atoms with van der Waals surface area (Å²) in [4.78, 5) is 29.0. The zero-order valence-electron chi connectivity index (χ0n) is 10.2. The van der Waals surface area contributed by atoms with Gasteiger partial charge in [0.15, 0.2) is 5.78 Å². The van der Waals surface area contributed by atoms with Crippen LogP contribution in [0.2, 0.25) is 0 Å². The van der Waals surface area contributed by atoms with E-state index in [4.69, 9.17) is 0 Å². The average Bonchev–Trinajstić information content (AvgIpc) is 2.88. The first-order chi connectivity index (χ1) is 9.66. The fraction of sp³-hybridized carbons (Fsp3) is 0.0714. The lowest BCUT2D eigenvalue weighted by Gasteiger charge is -2.08. The standard InChI is InChI=1S/C14H9BrN2O2S/c15-9-5-6-20-14(9)12(18)8-17-11-4-2-1-3-10(11)16-7-13(17)19/h1-7H,8H2. The summed E-state index contributed by atoms with van der Waals surface area (Å²) in [5.74, 6) is -0.0923. The second kappa shape index (κ2) is 5.30. The third kappa shape index (κ3) is 2.32. The highest BCUT2D eigenvalue weighted by molar-refractivity contribution is 9.10. The third-order valence-corrected chi connectivity index (χ3v) is 4.80. The summed E-state index contributed by atoms with van der Waals surface area (Å²) in [5.41, 5.74) is 1.09. The van der Waals surface area contributed by atoms with E-state index >= 15 is 0 Å². The summed E-state index contributed by atoms with van der Waals surface area (Å²) >= 11 is 4.70. The monoisotopic (exact) mass is 348 g/mol. The fourth-order valence-corrected chi connectivity index (χ4v) is 3.51. The number of carbonyl (C=O) groups is 1. The number of carbonyl (C=O) groups excluding carboxylic acids is 1. The number of hydrogen-bond acceptors (Lipinski definition) is 4. The number of hydrogen-bond donors (Lipinski definition) is 0. The molecule has 0 fully saturated rings. The number of para-hydroxylation sites is 2. The normalized spacial score (nSPS) is 10.8. The van der Waals surface area contributed by atoms with Gasteiger partial charge in [-0.15, -0.1) is 11.3 Å². The van der Waals surface area contributed by atoms with Crippen molar-refractivity contribution in [2.45, 2.75) is 6.54 Å². The van der Waals surface area contributed by atoms with Gasteiger partial charge in [0.25, 0.3) is 5.56 Å². The summed E-state index contributed by atoms with van der Waals surface area (Å²) in [6, 6.07) is 9.11. The second-order valence-electron chi connectivity index (χ2n) is 4.19. The Bertz CT molecular complexity index is 854. The van der Waals surface area contributed by atoms with Crippen LogP contribution in [0.1, 0.15) is 9.67 Å². The maximum absolute atomic E-state index is 12.3. The SMILES string of the molecule is O=C(Cn1c(=O)cnc2ccccc21)c1sccc1Br. The molecule has 0 amide bonds. The average molecular weight is 349 g/mol. The summed E-state index contributed by atoms with van der Waals surface area (Å²) in [6.07, 6.45) is 1.25. The molecule has 0 aliphatic rings. The zero-order valence-corrected chi connectivity index (χ0v) is 12.6. The number of halogens is 1. The van der Waals surface area contributed by atoms with E-state index in [-0.39, 0.29) is 17.9 Å². The zero-order chi connectivity index (χ0) is 14.1. The first kappa shape index (κ1) is 13.2. The van der Waals surface area contributed by atoms with Gasteiger partial charge in [-0.1, -0.05) is 12.1 Å². The first-order valence-electron chi connectivity index (χ1n) is 5.87. The van der Waals surface area contributed by atoms with E-state index in [0.717, 1.165) is 4.47 Å². The van der Waals surface area contributed by atoms with Crippen LogP contribution in [0.15, 0.2) is 51.2 Å². The van der Waals surface area contributed by atoms with Crippen molar-refractivity contribution < 1.29 is 4.79 Å². The Morgan fingerprint density at radius 2 is 2.10 bits per heavy atom. The Labute approximate surface area is 126 Å². The lowest BCUT2D eigenvalue weighted by Crippen LogP contribution is -2.24. The van der Waals surface area contributed by atoms with E-state index in [9.17, 15) is 9.59 Å². The maximum atomic E-state index is 12.3. The van der Waals surface area contributed by atoms with Gasteiger partial charge in [-0.25, -0.2) is 4.98 Å². The van der Waals surface area contributed by atoms with Gasteiger partial charge in [-0.05, 0) is 39.5 Å². The van der Waals surface area contributed by atoms with Crippen molar-refractivity contribution in [1.29, 1.82) is 0 Å². The summed E-state index contributed by atoms with van der Waals surface area (Å²) in [6.45, 7) is 0.0149. The van der Waals surface area contributed by atoms with Crippen molar-refractivity contribution in [3.63, 3.8) is 0 Å². The molecule has 4 nitrogen and oxygen atoms in total. The molecule has 0 unspecified atom stereocenters. The van der Waals surface area contributed by atoms with E-state index in [1.807, 2.05) is 29.6 Å². The van der Waals surface area contributed by atoms with Gasteiger partial charge in [0.05, 0.1) is 28.7 Å². The van der Waals surface area contributed by atoms with E-state index < -0.39 is 0 Å². The van der Waals surface area contributed by atoms with Crippen LogP contribution >= 0.6 is 27.3 Å². The molecule has 1 aromatic carbocycles. The van der Waals surface area contributed by atoms with Gasteiger partial charge >= 0.3 is 0 Å². The van der Waals surface area contributed by atoms with Crippen LogP contribution in [-0.4, -0.2) is 15.3 Å². The molecule has 0 N–H and O–H groups in total. The minimum Gasteiger partial charge on any atom is -0.298 e. The number of Topliss-reactive ketones (excluding diaryl/α,β-unsaturated/α-hetero) is 1. The molecular formula is C14H9BrN2O2S. The number of ketones is 1. The Hall–Kier alpha value is -1.79. The molecular weight excluding hydrogens is 340 g/mol. The molecule has 3 aromatic rings. The van der Waals surface area contributed by atoms with Crippen molar-refractivity contribution in [3.05, 3.63) is 61.6 Å². The molecule has 0 saturated carbocycles.